The van der Waals surface area contributed by atoms with Gasteiger partial charge in [0.05, 0.1) is 0 Å². The molecule has 4 rings (SSSR count). The number of nitrogens with zero attached hydrogens (tertiary/aromatic N) is 1. The lowest BCUT2D eigenvalue weighted by Crippen LogP contribution is -2.53. The molecular weight excluding hydrogens is 242 g/mol. The molecule has 0 aromatic rings. The number of carbonyl (C=O) groups excluding carboxylic acids is 1. The third-order valence-corrected chi connectivity index (χ3v) is 5.32. The summed E-state index contributed by atoms with van der Waals surface area (Å²) in [6.07, 6.45) is 7.68. The molecule has 0 unspecified atom stereocenters. The topological polar surface area (TPSA) is 87.7 Å². The zero-order valence-electron chi connectivity index (χ0n) is 11.3. The van der Waals surface area contributed by atoms with Gasteiger partial charge in [-0.1, -0.05) is 5.16 Å². The van der Waals surface area contributed by atoms with Gasteiger partial charge in [0.1, 0.15) is 5.84 Å². The van der Waals surface area contributed by atoms with E-state index in [1.165, 1.54) is 19.3 Å². The summed E-state index contributed by atoms with van der Waals surface area (Å²) in [7, 11) is 0. The van der Waals surface area contributed by atoms with Gasteiger partial charge < -0.3 is 16.3 Å². The monoisotopic (exact) mass is 265 g/mol. The lowest BCUT2D eigenvalue weighted by atomic mass is 9.49. The van der Waals surface area contributed by atoms with Crippen molar-refractivity contribution in [1.82, 2.24) is 5.32 Å². The van der Waals surface area contributed by atoms with E-state index in [2.05, 4.69) is 10.5 Å². The molecule has 5 heteroatoms. The van der Waals surface area contributed by atoms with Crippen LogP contribution in [-0.4, -0.2) is 23.5 Å². The van der Waals surface area contributed by atoms with Crippen molar-refractivity contribution in [3.8, 4) is 0 Å². The van der Waals surface area contributed by atoms with Crippen molar-refractivity contribution in [3.63, 3.8) is 0 Å². The maximum atomic E-state index is 12.5. The second-order valence-corrected chi connectivity index (χ2v) is 6.80. The van der Waals surface area contributed by atoms with Crippen LogP contribution in [0.1, 0.15) is 44.9 Å². The Labute approximate surface area is 113 Å². The highest BCUT2D eigenvalue weighted by molar-refractivity contribution is 5.84. The van der Waals surface area contributed by atoms with Gasteiger partial charge in [0, 0.05) is 18.4 Å². The van der Waals surface area contributed by atoms with Crippen LogP contribution >= 0.6 is 0 Å². The zero-order valence-corrected chi connectivity index (χ0v) is 11.3. The lowest BCUT2D eigenvalue weighted by molar-refractivity contribution is -0.146. The van der Waals surface area contributed by atoms with E-state index in [9.17, 15) is 4.79 Å². The van der Waals surface area contributed by atoms with Gasteiger partial charge in [-0.2, -0.15) is 0 Å². The molecule has 4 fully saturated rings. The summed E-state index contributed by atoms with van der Waals surface area (Å²) in [6.45, 7) is 0.469. The van der Waals surface area contributed by atoms with Crippen LogP contribution in [-0.2, 0) is 4.79 Å². The van der Waals surface area contributed by atoms with Gasteiger partial charge in [0.15, 0.2) is 0 Å². The van der Waals surface area contributed by atoms with Crippen molar-refractivity contribution in [1.29, 1.82) is 0 Å². The fourth-order valence-corrected chi connectivity index (χ4v) is 4.93. The molecule has 0 saturated heterocycles. The second kappa shape index (κ2) is 4.69. The fourth-order valence-electron chi connectivity index (χ4n) is 4.93. The number of nitrogens with two attached hydrogens (primary N) is 1. The molecule has 0 atom stereocenters. The van der Waals surface area contributed by atoms with Gasteiger partial charge in [0.25, 0.3) is 0 Å². The molecule has 4 saturated carbocycles. The number of hydrogen-bond acceptors (Lipinski definition) is 3. The van der Waals surface area contributed by atoms with Gasteiger partial charge in [-0.05, 0) is 56.3 Å². The number of carbonyl (C=O) groups is 1. The summed E-state index contributed by atoms with van der Waals surface area (Å²) < 4.78 is 0. The Hall–Kier alpha value is -1.26. The van der Waals surface area contributed by atoms with Gasteiger partial charge in [-0.25, -0.2) is 0 Å². The Bertz CT molecular complexity index is 370. The molecule has 4 N–H and O–H groups in total. The molecule has 4 aliphatic rings. The first-order chi connectivity index (χ1) is 9.11. The number of oxime groups is 1. The highest BCUT2D eigenvalue weighted by atomic mass is 16.4. The minimum absolute atomic E-state index is 0.0974. The average molecular weight is 265 g/mol. The quantitative estimate of drug-likeness (QED) is 0.311. The van der Waals surface area contributed by atoms with Crippen molar-refractivity contribution in [2.45, 2.75) is 44.9 Å². The molecule has 0 radical (unpaired) electrons. The van der Waals surface area contributed by atoms with E-state index >= 15 is 0 Å². The van der Waals surface area contributed by atoms with Crippen molar-refractivity contribution in [2.24, 2.45) is 34.1 Å². The summed E-state index contributed by atoms with van der Waals surface area (Å²) in [6, 6.07) is 0. The smallest absolute Gasteiger partial charge is 0.226 e. The van der Waals surface area contributed by atoms with E-state index in [0.717, 1.165) is 37.0 Å². The molecule has 5 nitrogen and oxygen atoms in total. The predicted octanol–water partition coefficient (Wildman–Crippen LogP) is 1.46. The maximum absolute atomic E-state index is 12.5. The van der Waals surface area contributed by atoms with E-state index in [1.807, 2.05) is 0 Å². The third kappa shape index (κ3) is 2.30. The van der Waals surface area contributed by atoms with Crippen LogP contribution in [0.5, 0.6) is 0 Å². The summed E-state index contributed by atoms with van der Waals surface area (Å²) in [5, 5.41) is 14.4. The standard InChI is InChI=1S/C14H23N3O2/c15-12(17-19)1-2-16-13(18)14-6-9-3-10(7-14)5-11(4-9)8-14/h9-11,19H,1-8H2,(H2,15,17)(H,16,18). The first-order valence-electron chi connectivity index (χ1n) is 7.36. The Balaban J connectivity index is 1.60. The molecule has 0 spiro atoms. The fraction of sp³-hybridized carbons (Fsp3) is 0.857. The predicted molar refractivity (Wildman–Crippen MR) is 71.6 cm³/mol. The molecule has 0 aliphatic heterocycles. The van der Waals surface area contributed by atoms with Crippen molar-refractivity contribution in [3.05, 3.63) is 0 Å². The van der Waals surface area contributed by atoms with Gasteiger partial charge in [-0.3, -0.25) is 4.79 Å². The van der Waals surface area contributed by atoms with Gasteiger partial charge in [-0.15, -0.1) is 0 Å². The van der Waals surface area contributed by atoms with Crippen LogP contribution in [0, 0.1) is 23.2 Å². The summed E-state index contributed by atoms with van der Waals surface area (Å²) in [5.74, 6) is 2.71. The van der Waals surface area contributed by atoms with Crippen LogP contribution < -0.4 is 11.1 Å². The van der Waals surface area contributed by atoms with E-state index < -0.39 is 0 Å². The summed E-state index contributed by atoms with van der Waals surface area (Å²) in [5.41, 5.74) is 5.32. The van der Waals surface area contributed by atoms with Gasteiger partial charge in [0.2, 0.25) is 5.91 Å². The number of hydrogen-bond donors (Lipinski definition) is 3. The molecular formula is C14H23N3O2. The largest absolute Gasteiger partial charge is 0.409 e. The highest BCUT2D eigenvalue weighted by Crippen LogP contribution is 2.60. The molecule has 4 bridgehead atoms. The SMILES string of the molecule is NC(CCNC(=O)C12CC3CC(CC(C3)C1)C2)=NO. The molecule has 1 amide bonds. The first kappa shape index (κ1) is 12.8. The minimum Gasteiger partial charge on any atom is -0.409 e. The van der Waals surface area contributed by atoms with E-state index in [-0.39, 0.29) is 17.2 Å². The zero-order chi connectivity index (χ0) is 13.5. The van der Waals surface area contributed by atoms with Crippen LogP contribution in [0.2, 0.25) is 0 Å². The second-order valence-electron chi connectivity index (χ2n) is 6.80. The first-order valence-corrected chi connectivity index (χ1v) is 7.36. The Kier molecular flexibility index (Phi) is 3.15. The number of amidine groups is 1. The maximum Gasteiger partial charge on any atom is 0.226 e. The van der Waals surface area contributed by atoms with E-state index in [4.69, 9.17) is 10.9 Å². The van der Waals surface area contributed by atoms with Crippen LogP contribution in [0.25, 0.3) is 0 Å². The number of rotatable bonds is 4. The van der Waals surface area contributed by atoms with Crippen molar-refractivity contribution >= 4 is 11.7 Å². The number of amides is 1. The Morgan fingerprint density at radius 2 is 1.74 bits per heavy atom. The molecule has 0 aromatic heterocycles. The summed E-state index contributed by atoms with van der Waals surface area (Å²) in [4.78, 5) is 12.5. The number of nitrogens with one attached hydrogen (secondary N) is 1. The van der Waals surface area contributed by atoms with Crippen molar-refractivity contribution in [2.75, 3.05) is 6.54 Å². The lowest BCUT2D eigenvalue weighted by Gasteiger charge is -2.55. The Morgan fingerprint density at radius 1 is 1.21 bits per heavy atom. The Morgan fingerprint density at radius 3 is 2.21 bits per heavy atom. The summed E-state index contributed by atoms with van der Waals surface area (Å²) >= 11 is 0. The molecule has 0 heterocycles. The van der Waals surface area contributed by atoms with Crippen LogP contribution in [0.15, 0.2) is 5.16 Å². The average Bonchev–Trinajstić information content (AvgIpc) is 2.36. The van der Waals surface area contributed by atoms with E-state index in [1.54, 1.807) is 0 Å². The van der Waals surface area contributed by atoms with E-state index in [0.29, 0.717) is 13.0 Å². The minimum atomic E-state index is -0.0974. The third-order valence-electron chi connectivity index (χ3n) is 5.32. The molecule has 0 aromatic carbocycles. The molecule has 19 heavy (non-hydrogen) atoms. The van der Waals surface area contributed by atoms with Crippen LogP contribution in [0.3, 0.4) is 0 Å². The normalized spacial score (nSPS) is 40.4. The van der Waals surface area contributed by atoms with Gasteiger partial charge >= 0.3 is 0 Å². The van der Waals surface area contributed by atoms with Crippen molar-refractivity contribution < 1.29 is 10.0 Å². The highest BCUT2D eigenvalue weighted by Gasteiger charge is 2.54. The molecule has 106 valence electrons. The van der Waals surface area contributed by atoms with Crippen LogP contribution in [0.4, 0.5) is 0 Å². The molecule has 4 aliphatic carbocycles.